The molecular formula is C15H19N5O2. The van der Waals surface area contributed by atoms with Crippen LogP contribution in [0.3, 0.4) is 0 Å². The zero-order valence-corrected chi connectivity index (χ0v) is 12.3. The Morgan fingerprint density at radius 3 is 2.86 bits per heavy atom. The lowest BCUT2D eigenvalue weighted by Gasteiger charge is -2.26. The van der Waals surface area contributed by atoms with Crippen LogP contribution in [0.4, 0.5) is 0 Å². The number of amides is 1. The fourth-order valence-electron chi connectivity index (χ4n) is 2.39. The lowest BCUT2D eigenvalue weighted by Crippen LogP contribution is -2.46. The van der Waals surface area contributed by atoms with Gasteiger partial charge in [0.15, 0.2) is 11.5 Å². The molecule has 1 saturated heterocycles. The van der Waals surface area contributed by atoms with Crippen LogP contribution in [0.25, 0.3) is 11.3 Å². The minimum absolute atomic E-state index is 0.209. The Hall–Kier alpha value is -2.25. The standard InChI is InChI=1S/C15H19N5O2/c21-15(18-7-10-20-8-5-17-6-9-20)13-11-14(22-19-13)12-1-3-16-4-2-12/h1-4,11,17H,5-10H2,(H,18,21). The Morgan fingerprint density at radius 2 is 2.09 bits per heavy atom. The summed E-state index contributed by atoms with van der Waals surface area (Å²) in [5.74, 6) is 0.355. The van der Waals surface area contributed by atoms with Gasteiger partial charge in [0.1, 0.15) is 0 Å². The molecule has 2 N–H and O–H groups in total. The number of nitrogens with one attached hydrogen (secondary N) is 2. The summed E-state index contributed by atoms with van der Waals surface area (Å²) in [4.78, 5) is 18.3. The van der Waals surface area contributed by atoms with Crippen molar-refractivity contribution in [2.45, 2.75) is 0 Å². The molecule has 0 bridgehead atoms. The number of carbonyl (C=O) groups is 1. The first-order valence-electron chi connectivity index (χ1n) is 7.41. The summed E-state index contributed by atoms with van der Waals surface area (Å²) in [5, 5.41) is 10.0. The van der Waals surface area contributed by atoms with E-state index in [1.165, 1.54) is 0 Å². The third-order valence-electron chi connectivity index (χ3n) is 3.63. The van der Waals surface area contributed by atoms with Crippen LogP contribution in [0.5, 0.6) is 0 Å². The second kappa shape index (κ2) is 7.15. The summed E-state index contributed by atoms with van der Waals surface area (Å²) in [6.45, 7) is 5.51. The van der Waals surface area contributed by atoms with Crippen molar-refractivity contribution in [3.63, 3.8) is 0 Å². The predicted octanol–water partition coefficient (Wildman–Crippen LogP) is 0.372. The van der Waals surface area contributed by atoms with Crippen molar-refractivity contribution in [3.05, 3.63) is 36.3 Å². The molecule has 0 aromatic carbocycles. The van der Waals surface area contributed by atoms with Crippen molar-refractivity contribution in [1.82, 2.24) is 25.7 Å². The molecular weight excluding hydrogens is 282 g/mol. The number of nitrogens with zero attached hydrogens (tertiary/aromatic N) is 3. The third-order valence-corrected chi connectivity index (χ3v) is 3.63. The number of carbonyl (C=O) groups excluding carboxylic acids is 1. The second-order valence-corrected chi connectivity index (χ2v) is 5.16. The van der Waals surface area contributed by atoms with Crippen LogP contribution in [-0.4, -0.2) is 60.2 Å². The second-order valence-electron chi connectivity index (χ2n) is 5.16. The highest BCUT2D eigenvalue weighted by Crippen LogP contribution is 2.18. The molecule has 0 atom stereocenters. The molecule has 116 valence electrons. The Balaban J connectivity index is 1.51. The topological polar surface area (TPSA) is 83.3 Å². The molecule has 0 aliphatic carbocycles. The zero-order valence-electron chi connectivity index (χ0n) is 12.3. The van der Waals surface area contributed by atoms with E-state index in [1.54, 1.807) is 18.5 Å². The largest absolute Gasteiger partial charge is 0.355 e. The van der Waals surface area contributed by atoms with E-state index >= 15 is 0 Å². The molecule has 22 heavy (non-hydrogen) atoms. The highest BCUT2D eigenvalue weighted by Gasteiger charge is 2.14. The maximum atomic E-state index is 12.1. The molecule has 3 rings (SSSR count). The van der Waals surface area contributed by atoms with Gasteiger partial charge in [-0.05, 0) is 12.1 Å². The van der Waals surface area contributed by atoms with E-state index in [1.807, 2.05) is 12.1 Å². The molecule has 7 heteroatoms. The first-order valence-corrected chi connectivity index (χ1v) is 7.41. The number of aromatic nitrogens is 2. The van der Waals surface area contributed by atoms with E-state index < -0.39 is 0 Å². The van der Waals surface area contributed by atoms with Crippen LogP contribution < -0.4 is 10.6 Å². The fraction of sp³-hybridized carbons (Fsp3) is 0.400. The molecule has 1 fully saturated rings. The average molecular weight is 301 g/mol. The quantitative estimate of drug-likeness (QED) is 0.830. The maximum absolute atomic E-state index is 12.1. The zero-order chi connectivity index (χ0) is 15.2. The van der Waals surface area contributed by atoms with Crippen molar-refractivity contribution < 1.29 is 9.32 Å². The normalized spacial score (nSPS) is 15.6. The number of rotatable bonds is 5. The molecule has 1 amide bonds. The molecule has 2 aromatic heterocycles. The lowest BCUT2D eigenvalue weighted by atomic mass is 10.2. The van der Waals surface area contributed by atoms with Gasteiger partial charge in [-0.3, -0.25) is 14.7 Å². The van der Waals surface area contributed by atoms with E-state index in [0.29, 0.717) is 18.0 Å². The Bertz CT molecular complexity index is 607. The van der Waals surface area contributed by atoms with Crippen molar-refractivity contribution in [2.24, 2.45) is 0 Å². The average Bonchev–Trinajstić information content (AvgIpc) is 3.07. The van der Waals surface area contributed by atoms with Gasteiger partial charge in [0.25, 0.3) is 5.91 Å². The Labute approximate surface area is 128 Å². The molecule has 3 heterocycles. The highest BCUT2D eigenvalue weighted by atomic mass is 16.5. The van der Waals surface area contributed by atoms with Crippen molar-refractivity contribution in [1.29, 1.82) is 0 Å². The Kier molecular flexibility index (Phi) is 4.77. The van der Waals surface area contributed by atoms with Gasteiger partial charge in [0.05, 0.1) is 0 Å². The summed E-state index contributed by atoms with van der Waals surface area (Å²) in [7, 11) is 0. The fourth-order valence-corrected chi connectivity index (χ4v) is 2.39. The minimum atomic E-state index is -0.209. The van der Waals surface area contributed by atoms with E-state index in [2.05, 4.69) is 25.7 Å². The molecule has 0 unspecified atom stereocenters. The van der Waals surface area contributed by atoms with Gasteiger partial charge in [-0.1, -0.05) is 5.16 Å². The molecule has 7 nitrogen and oxygen atoms in total. The van der Waals surface area contributed by atoms with Gasteiger partial charge in [-0.15, -0.1) is 0 Å². The van der Waals surface area contributed by atoms with Crippen LogP contribution in [0.1, 0.15) is 10.5 Å². The van der Waals surface area contributed by atoms with Crippen LogP contribution in [0.15, 0.2) is 35.1 Å². The lowest BCUT2D eigenvalue weighted by molar-refractivity contribution is 0.0938. The Morgan fingerprint density at radius 1 is 1.32 bits per heavy atom. The van der Waals surface area contributed by atoms with Gasteiger partial charge in [0, 0.05) is 63.3 Å². The number of pyridine rings is 1. The smallest absolute Gasteiger partial charge is 0.273 e. The van der Waals surface area contributed by atoms with Crippen LogP contribution in [0, 0.1) is 0 Å². The number of hydrogen-bond donors (Lipinski definition) is 2. The van der Waals surface area contributed by atoms with Crippen LogP contribution in [-0.2, 0) is 0 Å². The van der Waals surface area contributed by atoms with E-state index in [9.17, 15) is 4.79 Å². The van der Waals surface area contributed by atoms with Crippen molar-refractivity contribution in [3.8, 4) is 11.3 Å². The third kappa shape index (κ3) is 3.69. The molecule has 1 aliphatic heterocycles. The first-order chi connectivity index (χ1) is 10.8. The van der Waals surface area contributed by atoms with E-state index in [4.69, 9.17) is 4.52 Å². The van der Waals surface area contributed by atoms with Crippen molar-refractivity contribution in [2.75, 3.05) is 39.3 Å². The predicted molar refractivity (Wildman–Crippen MR) is 81.4 cm³/mol. The summed E-state index contributed by atoms with van der Waals surface area (Å²) >= 11 is 0. The van der Waals surface area contributed by atoms with Crippen molar-refractivity contribution >= 4 is 5.91 Å². The van der Waals surface area contributed by atoms with Crippen LogP contribution >= 0.6 is 0 Å². The molecule has 0 saturated carbocycles. The monoisotopic (exact) mass is 301 g/mol. The summed E-state index contributed by atoms with van der Waals surface area (Å²) in [6, 6.07) is 5.27. The van der Waals surface area contributed by atoms with E-state index in [-0.39, 0.29) is 5.91 Å². The van der Waals surface area contributed by atoms with Gasteiger partial charge >= 0.3 is 0 Å². The van der Waals surface area contributed by atoms with Gasteiger partial charge in [-0.2, -0.15) is 0 Å². The molecule has 0 spiro atoms. The highest BCUT2D eigenvalue weighted by molar-refractivity contribution is 5.93. The van der Waals surface area contributed by atoms with Crippen LogP contribution in [0.2, 0.25) is 0 Å². The first kappa shape index (κ1) is 14.7. The minimum Gasteiger partial charge on any atom is -0.355 e. The SMILES string of the molecule is O=C(NCCN1CCNCC1)c1cc(-c2ccncc2)on1. The van der Waals surface area contributed by atoms with Gasteiger partial charge in [-0.25, -0.2) is 0 Å². The maximum Gasteiger partial charge on any atom is 0.273 e. The number of piperazine rings is 1. The molecule has 0 radical (unpaired) electrons. The van der Waals surface area contributed by atoms with Gasteiger partial charge < -0.3 is 15.2 Å². The number of hydrogen-bond acceptors (Lipinski definition) is 6. The summed E-state index contributed by atoms with van der Waals surface area (Å²) in [5.41, 5.74) is 1.15. The van der Waals surface area contributed by atoms with Gasteiger partial charge in [0.2, 0.25) is 0 Å². The van der Waals surface area contributed by atoms with E-state index in [0.717, 1.165) is 38.3 Å². The summed E-state index contributed by atoms with van der Waals surface area (Å²) < 4.78 is 5.21. The molecule has 2 aromatic rings. The molecule has 1 aliphatic rings. The summed E-state index contributed by atoms with van der Waals surface area (Å²) in [6.07, 6.45) is 3.34.